The first-order valence-corrected chi connectivity index (χ1v) is 21.4. The predicted molar refractivity (Wildman–Crippen MR) is 263 cm³/mol. The lowest BCUT2D eigenvalue weighted by atomic mass is 9.90. The van der Waals surface area contributed by atoms with E-state index in [0.717, 1.165) is 83.4 Å². The summed E-state index contributed by atoms with van der Waals surface area (Å²) >= 11 is 0. The Kier molecular flexibility index (Phi) is 9.93. The Morgan fingerprint density at radius 3 is 0.857 bits per heavy atom. The minimum absolute atomic E-state index is 0.583. The summed E-state index contributed by atoms with van der Waals surface area (Å²) < 4.78 is 6.84. The van der Waals surface area contributed by atoms with E-state index in [9.17, 15) is 0 Å². The zero-order valence-electron chi connectivity index (χ0n) is 34.5. The number of hydrogen-bond acceptors (Lipinski definition) is 2. The fourth-order valence-electron chi connectivity index (χ4n) is 8.60. The highest BCUT2D eigenvalue weighted by Crippen LogP contribution is 2.42. The third-order valence-corrected chi connectivity index (χ3v) is 11.9. The van der Waals surface area contributed by atoms with Gasteiger partial charge in [0.05, 0.1) is 0 Å². The first-order chi connectivity index (χ1) is 31.2. The number of hydrogen-bond donors (Lipinski definition) is 0. The molecular formula is C61H41NO. The molecular weight excluding hydrogens is 763 g/mol. The standard InChI is InChI=1S/C61H41NO/c1-6-16-42(17-7-1)47-26-28-48(29-27-47)49-30-32-50(33-31-49)61-62-60-58(57-38-53(45-22-12-4-13-23-45)35-54(39-57)46-24-14-5-15-25-46)40-56(41-59(60)63-61)55-36-51(43-18-8-2-9-19-43)34-52(37-55)44-20-10-3-11-21-44/h1-41H. The normalized spacial score (nSPS) is 11.2. The molecule has 2 nitrogen and oxygen atoms in total. The van der Waals surface area contributed by atoms with E-state index in [1.807, 2.05) is 6.07 Å². The van der Waals surface area contributed by atoms with Crippen molar-refractivity contribution in [2.24, 2.45) is 0 Å². The summed E-state index contributed by atoms with van der Waals surface area (Å²) in [5.41, 5.74) is 20.6. The fourth-order valence-corrected chi connectivity index (χ4v) is 8.60. The number of aromatic nitrogens is 1. The molecule has 0 spiro atoms. The molecule has 0 saturated heterocycles. The van der Waals surface area contributed by atoms with Gasteiger partial charge in [-0.2, -0.15) is 0 Å². The van der Waals surface area contributed by atoms with E-state index in [1.165, 1.54) is 22.3 Å². The van der Waals surface area contributed by atoms with Crippen LogP contribution < -0.4 is 0 Å². The highest BCUT2D eigenvalue weighted by molar-refractivity contribution is 5.98. The van der Waals surface area contributed by atoms with Crippen molar-refractivity contribution in [3.63, 3.8) is 0 Å². The van der Waals surface area contributed by atoms with Crippen molar-refractivity contribution in [2.75, 3.05) is 0 Å². The molecule has 63 heavy (non-hydrogen) atoms. The Bertz CT molecular complexity index is 3210. The van der Waals surface area contributed by atoms with Gasteiger partial charge in [-0.05, 0) is 144 Å². The van der Waals surface area contributed by atoms with Gasteiger partial charge in [0.1, 0.15) is 5.52 Å². The Morgan fingerprint density at radius 2 is 0.492 bits per heavy atom. The molecule has 0 fully saturated rings. The quantitative estimate of drug-likeness (QED) is 0.145. The molecule has 296 valence electrons. The van der Waals surface area contributed by atoms with Crippen LogP contribution >= 0.6 is 0 Å². The second kappa shape index (κ2) is 16.6. The van der Waals surface area contributed by atoms with Crippen molar-refractivity contribution in [2.45, 2.75) is 0 Å². The first-order valence-electron chi connectivity index (χ1n) is 21.4. The SMILES string of the molecule is c1ccc(-c2ccc(-c3ccc(-c4nc5c(-c6cc(-c7ccccc7)cc(-c7ccccc7)c6)cc(-c6cc(-c7ccccc7)cc(-c7ccccc7)c6)cc5o4)cc3)cc2)cc1. The summed E-state index contributed by atoms with van der Waals surface area (Å²) in [6.07, 6.45) is 0. The van der Waals surface area contributed by atoms with Crippen LogP contribution in [0.1, 0.15) is 0 Å². The van der Waals surface area contributed by atoms with Crippen LogP contribution in [-0.4, -0.2) is 4.98 Å². The van der Waals surface area contributed by atoms with E-state index in [-0.39, 0.29) is 0 Å². The highest BCUT2D eigenvalue weighted by Gasteiger charge is 2.19. The topological polar surface area (TPSA) is 26.0 Å². The molecule has 0 amide bonds. The van der Waals surface area contributed by atoms with Gasteiger partial charge in [0.15, 0.2) is 5.58 Å². The molecule has 0 radical (unpaired) electrons. The molecule has 10 aromatic carbocycles. The first kappa shape index (κ1) is 37.7. The van der Waals surface area contributed by atoms with Crippen LogP contribution in [0.4, 0.5) is 0 Å². The Hall–Kier alpha value is -8.33. The van der Waals surface area contributed by atoms with Crippen LogP contribution in [0.3, 0.4) is 0 Å². The van der Waals surface area contributed by atoms with E-state index in [2.05, 4.69) is 243 Å². The Morgan fingerprint density at radius 1 is 0.222 bits per heavy atom. The van der Waals surface area contributed by atoms with E-state index >= 15 is 0 Å². The molecule has 0 aliphatic rings. The average Bonchev–Trinajstić information content (AvgIpc) is 3.82. The number of fused-ring (bicyclic) bond motifs is 1. The van der Waals surface area contributed by atoms with Crippen LogP contribution in [0.25, 0.3) is 112 Å². The number of rotatable bonds is 9. The van der Waals surface area contributed by atoms with Gasteiger partial charge in [-0.3, -0.25) is 0 Å². The number of benzene rings is 10. The molecule has 0 aliphatic carbocycles. The van der Waals surface area contributed by atoms with E-state index in [1.54, 1.807) is 0 Å². The second-order valence-electron chi connectivity index (χ2n) is 16.0. The van der Waals surface area contributed by atoms with Crippen molar-refractivity contribution in [3.05, 3.63) is 249 Å². The van der Waals surface area contributed by atoms with Crippen LogP contribution in [-0.2, 0) is 0 Å². The summed E-state index contributed by atoms with van der Waals surface area (Å²) in [5, 5.41) is 0. The molecule has 1 heterocycles. The third-order valence-electron chi connectivity index (χ3n) is 11.9. The zero-order chi connectivity index (χ0) is 42.0. The Labute approximate surface area is 368 Å². The number of oxazole rings is 1. The lowest BCUT2D eigenvalue weighted by Gasteiger charge is -2.14. The largest absolute Gasteiger partial charge is 0.436 e. The maximum absolute atomic E-state index is 6.84. The smallest absolute Gasteiger partial charge is 0.227 e. The van der Waals surface area contributed by atoms with Crippen molar-refractivity contribution in [1.82, 2.24) is 4.98 Å². The van der Waals surface area contributed by atoms with Gasteiger partial charge in [-0.25, -0.2) is 4.98 Å². The predicted octanol–water partition coefficient (Wildman–Crippen LogP) is 16.8. The molecule has 0 unspecified atom stereocenters. The minimum atomic E-state index is 0.583. The fraction of sp³-hybridized carbons (Fsp3) is 0. The average molecular weight is 804 g/mol. The van der Waals surface area contributed by atoms with Gasteiger partial charge in [0, 0.05) is 11.1 Å². The van der Waals surface area contributed by atoms with Gasteiger partial charge < -0.3 is 4.42 Å². The van der Waals surface area contributed by atoms with Crippen molar-refractivity contribution >= 4 is 11.1 Å². The molecule has 0 saturated carbocycles. The second-order valence-corrected chi connectivity index (χ2v) is 16.0. The summed E-state index contributed by atoms with van der Waals surface area (Å²) in [6.45, 7) is 0. The van der Waals surface area contributed by atoms with Gasteiger partial charge in [0.25, 0.3) is 0 Å². The summed E-state index contributed by atoms with van der Waals surface area (Å²) in [5.74, 6) is 0.583. The van der Waals surface area contributed by atoms with Gasteiger partial charge in [-0.1, -0.05) is 188 Å². The highest BCUT2D eigenvalue weighted by atomic mass is 16.3. The van der Waals surface area contributed by atoms with E-state index < -0.39 is 0 Å². The van der Waals surface area contributed by atoms with Crippen LogP contribution in [0.2, 0.25) is 0 Å². The molecule has 1 aromatic heterocycles. The third kappa shape index (κ3) is 7.78. The van der Waals surface area contributed by atoms with Crippen LogP contribution in [0.15, 0.2) is 253 Å². The lowest BCUT2D eigenvalue weighted by molar-refractivity contribution is 0.620. The maximum atomic E-state index is 6.84. The maximum Gasteiger partial charge on any atom is 0.227 e. The molecule has 0 bridgehead atoms. The lowest BCUT2D eigenvalue weighted by Crippen LogP contribution is -1.90. The molecule has 0 aliphatic heterocycles. The minimum Gasteiger partial charge on any atom is -0.436 e. The van der Waals surface area contributed by atoms with Gasteiger partial charge >= 0.3 is 0 Å². The van der Waals surface area contributed by atoms with E-state index in [0.29, 0.717) is 5.89 Å². The number of nitrogens with zero attached hydrogens (tertiary/aromatic N) is 1. The molecule has 0 atom stereocenters. The van der Waals surface area contributed by atoms with Crippen LogP contribution in [0.5, 0.6) is 0 Å². The summed E-state index contributed by atoms with van der Waals surface area (Å²) in [4.78, 5) is 5.31. The molecule has 0 N–H and O–H groups in total. The van der Waals surface area contributed by atoms with Crippen molar-refractivity contribution in [3.8, 4) is 100 Å². The van der Waals surface area contributed by atoms with Crippen LogP contribution in [0, 0.1) is 0 Å². The Balaban J connectivity index is 1.08. The molecule has 11 rings (SSSR count). The van der Waals surface area contributed by atoms with Crippen molar-refractivity contribution < 1.29 is 4.42 Å². The summed E-state index contributed by atoms with van der Waals surface area (Å²) in [7, 11) is 0. The molecule has 2 heteroatoms. The monoisotopic (exact) mass is 803 g/mol. The molecule has 11 aromatic rings. The van der Waals surface area contributed by atoms with Crippen molar-refractivity contribution in [1.29, 1.82) is 0 Å². The van der Waals surface area contributed by atoms with Gasteiger partial charge in [-0.15, -0.1) is 0 Å². The summed E-state index contributed by atoms with van der Waals surface area (Å²) in [6, 6.07) is 88.5. The van der Waals surface area contributed by atoms with Gasteiger partial charge in [0.2, 0.25) is 5.89 Å². The van der Waals surface area contributed by atoms with E-state index in [4.69, 9.17) is 9.40 Å². The zero-order valence-corrected chi connectivity index (χ0v) is 34.5.